The molecule has 1 aromatic rings. The summed E-state index contributed by atoms with van der Waals surface area (Å²) in [5, 5.41) is 9.66. The van der Waals surface area contributed by atoms with Crippen molar-refractivity contribution in [3.63, 3.8) is 0 Å². The van der Waals surface area contributed by atoms with Crippen LogP contribution in [0.2, 0.25) is 0 Å². The van der Waals surface area contributed by atoms with E-state index in [0.717, 1.165) is 29.4 Å². The quantitative estimate of drug-likeness (QED) is 0.598. The van der Waals surface area contributed by atoms with E-state index in [0.29, 0.717) is 5.92 Å². The maximum absolute atomic E-state index is 9.66. The van der Waals surface area contributed by atoms with Crippen LogP contribution in [0, 0.1) is 0 Å². The maximum atomic E-state index is 9.66. The summed E-state index contributed by atoms with van der Waals surface area (Å²) < 4.78 is 1.00. The summed E-state index contributed by atoms with van der Waals surface area (Å²) in [6, 6.07) is 6.16. The average molecular weight is 382 g/mol. The number of hydrogen-bond donors (Lipinski definition) is 1. The first-order valence-corrected chi connectivity index (χ1v) is 9.15. The summed E-state index contributed by atoms with van der Waals surface area (Å²) in [6.07, 6.45) is 6.22. The minimum atomic E-state index is 0.0626. The van der Waals surface area contributed by atoms with Gasteiger partial charge in [0, 0.05) is 10.4 Å². The first-order valence-electron chi connectivity index (χ1n) is 8.36. The fourth-order valence-electron chi connectivity index (χ4n) is 2.63. The van der Waals surface area contributed by atoms with Crippen molar-refractivity contribution in [3.05, 3.63) is 58.1 Å². The summed E-state index contributed by atoms with van der Waals surface area (Å²) in [5.41, 5.74) is 3.42. The van der Waals surface area contributed by atoms with E-state index in [4.69, 9.17) is 0 Å². The molecule has 0 aromatic heterocycles. The van der Waals surface area contributed by atoms with Crippen molar-refractivity contribution < 1.29 is 5.11 Å². The molecular weight excluding hydrogens is 350 g/mol. The highest BCUT2D eigenvalue weighted by Gasteiger charge is 2.17. The number of benzene rings is 1. The molecule has 1 atom stereocenters. The van der Waals surface area contributed by atoms with Gasteiger partial charge in [0.2, 0.25) is 0 Å². The minimum absolute atomic E-state index is 0.0626. The molecule has 0 saturated heterocycles. The third-order valence-electron chi connectivity index (χ3n) is 3.72. The van der Waals surface area contributed by atoms with Gasteiger partial charge in [0.25, 0.3) is 0 Å². The Bertz CT molecular complexity index is 494. The fraction of sp³-hybridized carbons (Fsp3) is 0.500. The van der Waals surface area contributed by atoms with Gasteiger partial charge in [-0.1, -0.05) is 54.6 Å². The Morgan fingerprint density at radius 1 is 1.35 bits per heavy atom. The number of halogens is 1. The monoisotopic (exact) mass is 381 g/mol. The van der Waals surface area contributed by atoms with Gasteiger partial charge in [0.05, 0.1) is 6.61 Å². The Morgan fingerprint density at radius 3 is 2.48 bits per heavy atom. The number of allylic oxidation sites excluding steroid dienone is 3. The van der Waals surface area contributed by atoms with Crippen LogP contribution in [0.1, 0.15) is 50.7 Å². The van der Waals surface area contributed by atoms with E-state index in [9.17, 15) is 5.11 Å². The molecule has 0 spiro atoms. The van der Waals surface area contributed by atoms with Crippen LogP contribution in [0.25, 0.3) is 0 Å². The molecule has 0 aliphatic carbocycles. The molecule has 0 bridgehead atoms. The lowest BCUT2D eigenvalue weighted by Gasteiger charge is -2.22. The molecule has 0 aliphatic heterocycles. The highest BCUT2D eigenvalue weighted by atomic mass is 79.9. The van der Waals surface area contributed by atoms with Crippen molar-refractivity contribution in [2.24, 2.45) is 0 Å². The number of rotatable bonds is 8. The summed E-state index contributed by atoms with van der Waals surface area (Å²) in [4.78, 5) is 2.20. The van der Waals surface area contributed by atoms with Crippen molar-refractivity contribution in [1.29, 1.82) is 0 Å². The van der Waals surface area contributed by atoms with Gasteiger partial charge < -0.3 is 10.0 Å². The van der Waals surface area contributed by atoms with Gasteiger partial charge >= 0.3 is 0 Å². The predicted octanol–water partition coefficient (Wildman–Crippen LogP) is 5.53. The molecule has 0 radical (unpaired) electrons. The summed E-state index contributed by atoms with van der Waals surface area (Å²) in [6.45, 7) is 11.1. The van der Waals surface area contributed by atoms with Gasteiger partial charge in [-0.05, 0) is 69.2 Å². The number of hydrogen-bond acceptors (Lipinski definition) is 2. The molecule has 1 N–H and O–H groups in total. The summed E-state index contributed by atoms with van der Waals surface area (Å²) in [7, 11) is 4.19. The smallest absolute Gasteiger partial charge is 0.0685 e. The van der Waals surface area contributed by atoms with E-state index >= 15 is 0 Å². The van der Waals surface area contributed by atoms with Gasteiger partial charge in [-0.25, -0.2) is 0 Å². The SMILES string of the molecule is C=C/C(=C\C)C(CCCN(C)C)c1ccc(Br)cc1CO.CC. The molecule has 23 heavy (non-hydrogen) atoms. The molecule has 0 saturated carbocycles. The number of aliphatic hydroxyl groups is 1. The second kappa shape index (κ2) is 12.5. The summed E-state index contributed by atoms with van der Waals surface area (Å²) >= 11 is 3.48. The molecule has 130 valence electrons. The molecule has 1 aromatic carbocycles. The Morgan fingerprint density at radius 2 is 2.00 bits per heavy atom. The number of aliphatic hydroxyl groups excluding tert-OH is 1. The molecule has 3 heteroatoms. The first kappa shape index (κ1) is 22.1. The van der Waals surface area contributed by atoms with Crippen LogP contribution < -0.4 is 0 Å². The maximum Gasteiger partial charge on any atom is 0.0685 e. The number of nitrogens with zero attached hydrogens (tertiary/aromatic N) is 1. The van der Waals surface area contributed by atoms with Crippen LogP contribution in [-0.4, -0.2) is 30.6 Å². The predicted molar refractivity (Wildman–Crippen MR) is 106 cm³/mol. The minimum Gasteiger partial charge on any atom is -0.392 e. The van der Waals surface area contributed by atoms with Crippen molar-refractivity contribution in [1.82, 2.24) is 4.90 Å². The van der Waals surface area contributed by atoms with Crippen molar-refractivity contribution in [2.75, 3.05) is 20.6 Å². The lowest BCUT2D eigenvalue weighted by molar-refractivity contribution is 0.280. The van der Waals surface area contributed by atoms with E-state index in [1.54, 1.807) is 0 Å². The Balaban J connectivity index is 0.00000232. The van der Waals surface area contributed by atoms with E-state index in [1.807, 2.05) is 39.0 Å². The standard InChI is InChI=1S/C18H26BrNO.C2H6/c1-5-14(6-2)17(8-7-11-20(3)4)18-10-9-16(19)12-15(18)13-21;1-2/h5-6,9-10,12,17,21H,1,7-8,11,13H2,2-4H3;1-2H3/b14-6+;. The molecule has 0 amide bonds. The normalized spacial score (nSPS) is 12.6. The lowest BCUT2D eigenvalue weighted by atomic mass is 9.84. The molecule has 1 rings (SSSR count). The van der Waals surface area contributed by atoms with Gasteiger partial charge in [-0.3, -0.25) is 0 Å². The van der Waals surface area contributed by atoms with Crippen LogP contribution in [0.5, 0.6) is 0 Å². The van der Waals surface area contributed by atoms with Gasteiger partial charge in [-0.15, -0.1) is 0 Å². The first-order chi connectivity index (χ1) is 11.0. The second-order valence-electron chi connectivity index (χ2n) is 5.49. The Hall–Kier alpha value is -0.900. The van der Waals surface area contributed by atoms with Crippen LogP contribution in [-0.2, 0) is 6.61 Å². The lowest BCUT2D eigenvalue weighted by Crippen LogP contribution is -2.15. The highest BCUT2D eigenvalue weighted by molar-refractivity contribution is 9.10. The topological polar surface area (TPSA) is 23.5 Å². The van der Waals surface area contributed by atoms with E-state index in [-0.39, 0.29) is 6.61 Å². The zero-order valence-electron chi connectivity index (χ0n) is 15.3. The Labute approximate surface area is 151 Å². The molecule has 0 fully saturated rings. The molecule has 2 nitrogen and oxygen atoms in total. The van der Waals surface area contributed by atoms with Crippen molar-refractivity contribution >= 4 is 15.9 Å². The van der Waals surface area contributed by atoms with Gasteiger partial charge in [0.1, 0.15) is 0 Å². The van der Waals surface area contributed by atoms with E-state index in [1.165, 1.54) is 11.1 Å². The van der Waals surface area contributed by atoms with Crippen molar-refractivity contribution in [2.45, 2.75) is 46.1 Å². The highest BCUT2D eigenvalue weighted by Crippen LogP contribution is 2.33. The summed E-state index contributed by atoms with van der Waals surface area (Å²) in [5.74, 6) is 0.294. The van der Waals surface area contributed by atoms with Gasteiger partial charge in [-0.2, -0.15) is 0 Å². The average Bonchev–Trinajstić information content (AvgIpc) is 2.56. The fourth-order valence-corrected chi connectivity index (χ4v) is 3.03. The van der Waals surface area contributed by atoms with Gasteiger partial charge in [0.15, 0.2) is 0 Å². The van der Waals surface area contributed by atoms with Crippen molar-refractivity contribution in [3.8, 4) is 0 Å². The molecule has 0 heterocycles. The van der Waals surface area contributed by atoms with Crippen LogP contribution in [0.3, 0.4) is 0 Å². The molecule has 0 aliphatic rings. The third-order valence-corrected chi connectivity index (χ3v) is 4.21. The second-order valence-corrected chi connectivity index (χ2v) is 6.41. The van der Waals surface area contributed by atoms with E-state index < -0.39 is 0 Å². The Kier molecular flexibility index (Phi) is 12.0. The molecular formula is C20H32BrNO. The van der Waals surface area contributed by atoms with E-state index in [2.05, 4.69) is 53.6 Å². The van der Waals surface area contributed by atoms with Crippen LogP contribution in [0.4, 0.5) is 0 Å². The third kappa shape index (κ3) is 7.47. The van der Waals surface area contributed by atoms with Crippen LogP contribution in [0.15, 0.2) is 47.0 Å². The largest absolute Gasteiger partial charge is 0.392 e. The zero-order chi connectivity index (χ0) is 17.8. The van der Waals surface area contributed by atoms with Crippen LogP contribution >= 0.6 is 15.9 Å². The molecule has 1 unspecified atom stereocenters. The zero-order valence-corrected chi connectivity index (χ0v) is 16.9.